The van der Waals surface area contributed by atoms with Gasteiger partial charge in [-0.25, -0.2) is 14.0 Å². The molecule has 1 aliphatic rings. The molecule has 1 aliphatic heterocycles. The number of rotatable bonds is 4. The maximum atomic E-state index is 13.2. The van der Waals surface area contributed by atoms with Gasteiger partial charge >= 0.3 is 12.1 Å². The second-order valence-electron chi connectivity index (χ2n) is 6.51. The normalized spacial score (nSPS) is 17.6. The third-order valence-electron chi connectivity index (χ3n) is 3.20. The minimum atomic E-state index is -1.40. The first-order valence-corrected chi connectivity index (χ1v) is 7.54. The number of halogens is 1. The predicted molar refractivity (Wildman–Crippen MR) is 84.9 cm³/mol. The number of carbonyl (C=O) groups is 3. The molecular formula is C16H19FN2O6. The van der Waals surface area contributed by atoms with E-state index >= 15 is 0 Å². The van der Waals surface area contributed by atoms with Crippen molar-refractivity contribution < 1.29 is 33.4 Å². The Morgan fingerprint density at radius 2 is 2.12 bits per heavy atom. The van der Waals surface area contributed by atoms with E-state index in [2.05, 4.69) is 10.6 Å². The molecule has 8 nitrogen and oxygen atoms in total. The number of alkyl carbamates (subject to hydrolysis) is 1. The summed E-state index contributed by atoms with van der Waals surface area (Å²) in [7, 11) is 0. The molecule has 9 heteroatoms. The third-order valence-corrected chi connectivity index (χ3v) is 3.20. The van der Waals surface area contributed by atoms with Gasteiger partial charge in [0.05, 0.1) is 5.69 Å². The fourth-order valence-corrected chi connectivity index (χ4v) is 2.16. The minimum absolute atomic E-state index is 0.160. The zero-order valence-corrected chi connectivity index (χ0v) is 14.0. The fraction of sp³-hybridized carbons (Fsp3) is 0.438. The van der Waals surface area contributed by atoms with Crippen LogP contribution in [-0.2, 0) is 14.3 Å². The lowest BCUT2D eigenvalue weighted by Crippen LogP contribution is -2.48. The molecule has 25 heavy (non-hydrogen) atoms. The summed E-state index contributed by atoms with van der Waals surface area (Å²) in [6.45, 7) is 4.91. The SMILES string of the molecule is CC(C)(C)OC(=O)NC(C[C@@H]1Oc2ccc(F)cc2NC1=O)C(=O)O. The highest BCUT2D eigenvalue weighted by atomic mass is 19.1. The van der Waals surface area contributed by atoms with Crippen molar-refractivity contribution in [2.45, 2.75) is 44.9 Å². The quantitative estimate of drug-likeness (QED) is 0.761. The summed E-state index contributed by atoms with van der Waals surface area (Å²) in [5, 5.41) is 13.9. The number of anilines is 1. The zero-order chi connectivity index (χ0) is 18.8. The molecule has 0 spiro atoms. The van der Waals surface area contributed by atoms with Crippen LogP contribution in [0.4, 0.5) is 14.9 Å². The number of amides is 2. The van der Waals surface area contributed by atoms with Gasteiger partial charge in [-0.1, -0.05) is 0 Å². The molecular weight excluding hydrogens is 335 g/mol. The molecule has 3 N–H and O–H groups in total. The van der Waals surface area contributed by atoms with E-state index in [0.29, 0.717) is 0 Å². The molecule has 1 aromatic rings. The molecule has 2 rings (SSSR count). The Morgan fingerprint density at radius 3 is 2.72 bits per heavy atom. The Hall–Kier alpha value is -2.84. The van der Waals surface area contributed by atoms with Crippen molar-refractivity contribution in [1.29, 1.82) is 0 Å². The van der Waals surface area contributed by atoms with Crippen molar-refractivity contribution in [2.24, 2.45) is 0 Å². The highest BCUT2D eigenvalue weighted by Gasteiger charge is 2.34. The molecule has 136 valence electrons. The van der Waals surface area contributed by atoms with Crippen LogP contribution in [0.1, 0.15) is 27.2 Å². The minimum Gasteiger partial charge on any atom is -0.480 e. The molecule has 0 radical (unpaired) electrons. The molecule has 0 bridgehead atoms. The van der Waals surface area contributed by atoms with Crippen molar-refractivity contribution in [3.63, 3.8) is 0 Å². The molecule has 0 aromatic heterocycles. The maximum Gasteiger partial charge on any atom is 0.408 e. The highest BCUT2D eigenvalue weighted by molar-refractivity contribution is 5.98. The Labute approximate surface area is 143 Å². The Morgan fingerprint density at radius 1 is 1.44 bits per heavy atom. The molecule has 0 aliphatic carbocycles. The Kier molecular flexibility index (Phi) is 5.15. The second-order valence-corrected chi connectivity index (χ2v) is 6.51. The third kappa shape index (κ3) is 5.07. The summed E-state index contributed by atoms with van der Waals surface area (Å²) in [5.74, 6) is -2.30. The van der Waals surface area contributed by atoms with E-state index in [1.165, 1.54) is 6.07 Å². The van der Waals surface area contributed by atoms with Gasteiger partial charge in [0.15, 0.2) is 6.10 Å². The number of hydrogen-bond donors (Lipinski definition) is 3. The van der Waals surface area contributed by atoms with Crippen LogP contribution in [0.2, 0.25) is 0 Å². The maximum absolute atomic E-state index is 13.2. The van der Waals surface area contributed by atoms with Crippen LogP contribution < -0.4 is 15.4 Å². The molecule has 0 saturated carbocycles. The van der Waals surface area contributed by atoms with Crippen LogP contribution in [0, 0.1) is 5.82 Å². The summed E-state index contributed by atoms with van der Waals surface area (Å²) in [6, 6.07) is 2.18. The molecule has 0 saturated heterocycles. The summed E-state index contributed by atoms with van der Waals surface area (Å²) in [6.07, 6.45) is -2.40. The summed E-state index contributed by atoms with van der Waals surface area (Å²) >= 11 is 0. The monoisotopic (exact) mass is 354 g/mol. The van der Waals surface area contributed by atoms with Gasteiger partial charge in [0.2, 0.25) is 0 Å². The van der Waals surface area contributed by atoms with Crippen LogP contribution >= 0.6 is 0 Å². The van der Waals surface area contributed by atoms with Crippen LogP contribution in [0.25, 0.3) is 0 Å². The van der Waals surface area contributed by atoms with Gasteiger partial charge in [-0.2, -0.15) is 0 Å². The highest BCUT2D eigenvalue weighted by Crippen LogP contribution is 2.31. The van der Waals surface area contributed by atoms with E-state index < -0.39 is 41.5 Å². The van der Waals surface area contributed by atoms with Crippen LogP contribution in [0.5, 0.6) is 5.75 Å². The van der Waals surface area contributed by atoms with Crippen molar-refractivity contribution in [2.75, 3.05) is 5.32 Å². The predicted octanol–water partition coefficient (Wildman–Crippen LogP) is 1.89. The van der Waals surface area contributed by atoms with E-state index in [4.69, 9.17) is 9.47 Å². The molecule has 2 atom stereocenters. The van der Waals surface area contributed by atoms with E-state index in [-0.39, 0.29) is 17.9 Å². The molecule has 0 fully saturated rings. The first kappa shape index (κ1) is 18.5. The van der Waals surface area contributed by atoms with Crippen molar-refractivity contribution in [3.05, 3.63) is 24.0 Å². The fourth-order valence-electron chi connectivity index (χ4n) is 2.16. The van der Waals surface area contributed by atoms with Gasteiger partial charge in [-0.15, -0.1) is 0 Å². The average molecular weight is 354 g/mol. The van der Waals surface area contributed by atoms with Gasteiger partial charge in [0.1, 0.15) is 23.2 Å². The molecule has 1 aromatic carbocycles. The van der Waals surface area contributed by atoms with Crippen LogP contribution in [0.15, 0.2) is 18.2 Å². The first-order valence-electron chi connectivity index (χ1n) is 7.54. The molecule has 1 unspecified atom stereocenters. The zero-order valence-electron chi connectivity index (χ0n) is 14.0. The Bertz CT molecular complexity index is 700. The number of carbonyl (C=O) groups excluding carboxylic acids is 2. The van der Waals surface area contributed by atoms with Gasteiger partial charge in [0, 0.05) is 12.5 Å². The number of ether oxygens (including phenoxy) is 2. The van der Waals surface area contributed by atoms with Crippen LogP contribution in [-0.4, -0.2) is 40.8 Å². The van der Waals surface area contributed by atoms with Gasteiger partial charge < -0.3 is 25.2 Å². The lowest BCUT2D eigenvalue weighted by atomic mass is 10.1. The summed E-state index contributed by atoms with van der Waals surface area (Å²) < 4.78 is 23.6. The number of carboxylic acid groups (broad SMARTS) is 1. The Balaban J connectivity index is 2.07. The summed E-state index contributed by atoms with van der Waals surface area (Å²) in [5.41, 5.74) is -0.636. The number of nitrogens with one attached hydrogen (secondary N) is 2. The lowest BCUT2D eigenvalue weighted by molar-refractivity contribution is -0.140. The van der Waals surface area contributed by atoms with Crippen molar-refractivity contribution in [3.8, 4) is 5.75 Å². The molecule has 2 amide bonds. The first-order chi connectivity index (χ1) is 11.5. The number of hydrogen-bond acceptors (Lipinski definition) is 5. The standard InChI is InChI=1S/C16H19FN2O6/c1-16(2,3)25-15(23)19-10(14(21)22)7-12-13(20)18-9-6-8(17)4-5-11(9)24-12/h4-6,10,12H,7H2,1-3H3,(H,18,20)(H,19,23)(H,21,22)/t10?,12-/m0/s1. The smallest absolute Gasteiger partial charge is 0.408 e. The van der Waals surface area contributed by atoms with Crippen molar-refractivity contribution >= 4 is 23.7 Å². The lowest BCUT2D eigenvalue weighted by Gasteiger charge is -2.28. The average Bonchev–Trinajstić information content (AvgIpc) is 2.45. The van der Waals surface area contributed by atoms with Crippen molar-refractivity contribution in [1.82, 2.24) is 5.32 Å². The van der Waals surface area contributed by atoms with Gasteiger partial charge in [0.25, 0.3) is 5.91 Å². The topological polar surface area (TPSA) is 114 Å². The van der Waals surface area contributed by atoms with Gasteiger partial charge in [-0.3, -0.25) is 4.79 Å². The molecule has 1 heterocycles. The van der Waals surface area contributed by atoms with Crippen LogP contribution in [0.3, 0.4) is 0 Å². The second kappa shape index (κ2) is 6.96. The number of aliphatic carboxylic acids is 1. The largest absolute Gasteiger partial charge is 0.480 e. The van der Waals surface area contributed by atoms with E-state index in [1.54, 1.807) is 20.8 Å². The summed E-state index contributed by atoms with van der Waals surface area (Å²) in [4.78, 5) is 35.2. The van der Waals surface area contributed by atoms with E-state index in [1.807, 2.05) is 0 Å². The number of benzene rings is 1. The number of carboxylic acids is 1. The van der Waals surface area contributed by atoms with E-state index in [0.717, 1.165) is 12.1 Å². The van der Waals surface area contributed by atoms with Gasteiger partial charge in [-0.05, 0) is 32.9 Å². The number of fused-ring (bicyclic) bond motifs is 1. The van der Waals surface area contributed by atoms with E-state index in [9.17, 15) is 23.9 Å².